The Hall–Kier alpha value is -1.63. The molecule has 0 aliphatic rings. The average molecular weight is 287 g/mol. The normalized spacial score (nSPS) is 15.9. The molecule has 0 aliphatic carbocycles. The summed E-state index contributed by atoms with van der Waals surface area (Å²) in [7, 11) is 0. The lowest BCUT2D eigenvalue weighted by Gasteiger charge is -2.26. The molecular formula is C13H25N3O4. The number of hydrogen-bond acceptors (Lipinski definition) is 4. The van der Waals surface area contributed by atoms with Crippen molar-refractivity contribution in [1.29, 1.82) is 0 Å². The molecule has 0 saturated carbocycles. The number of aliphatic carboxylic acids is 1. The quantitative estimate of drug-likeness (QED) is 0.544. The van der Waals surface area contributed by atoms with Gasteiger partial charge in [-0.05, 0) is 41.5 Å². The van der Waals surface area contributed by atoms with Crippen molar-refractivity contribution >= 4 is 17.8 Å². The summed E-state index contributed by atoms with van der Waals surface area (Å²) in [6.45, 7) is 10.4. The van der Waals surface area contributed by atoms with Crippen LogP contribution in [0.2, 0.25) is 0 Å². The van der Waals surface area contributed by atoms with E-state index in [0.717, 1.165) is 0 Å². The molecule has 0 rings (SSSR count). The van der Waals surface area contributed by atoms with Gasteiger partial charge in [0.15, 0.2) is 0 Å². The minimum Gasteiger partial charge on any atom is -0.480 e. The van der Waals surface area contributed by atoms with Crippen molar-refractivity contribution in [3.63, 3.8) is 0 Å². The number of carbonyl (C=O) groups is 3. The van der Waals surface area contributed by atoms with Crippen LogP contribution in [0.15, 0.2) is 0 Å². The van der Waals surface area contributed by atoms with Crippen LogP contribution in [0.4, 0.5) is 0 Å². The maximum Gasteiger partial charge on any atom is 0.325 e. The molecule has 0 saturated heterocycles. The molecule has 0 aromatic carbocycles. The van der Waals surface area contributed by atoms with Crippen LogP contribution < -0.4 is 16.0 Å². The Balaban J connectivity index is 4.38. The van der Waals surface area contributed by atoms with Gasteiger partial charge in [-0.25, -0.2) is 0 Å². The first-order valence-electron chi connectivity index (χ1n) is 6.55. The average Bonchev–Trinajstić information content (AvgIpc) is 2.25. The van der Waals surface area contributed by atoms with Crippen molar-refractivity contribution in [1.82, 2.24) is 16.0 Å². The summed E-state index contributed by atoms with van der Waals surface area (Å²) in [5.74, 6) is -1.97. The van der Waals surface area contributed by atoms with Crippen LogP contribution in [0.1, 0.15) is 41.5 Å². The molecule has 4 N–H and O–H groups in total. The molecule has 0 aromatic heterocycles. The van der Waals surface area contributed by atoms with Gasteiger partial charge in [-0.1, -0.05) is 0 Å². The van der Waals surface area contributed by atoms with Crippen molar-refractivity contribution < 1.29 is 19.5 Å². The van der Waals surface area contributed by atoms with Gasteiger partial charge in [-0.2, -0.15) is 0 Å². The maximum absolute atomic E-state index is 11.9. The molecule has 2 amide bonds. The molecule has 3 atom stereocenters. The van der Waals surface area contributed by atoms with Crippen LogP contribution in [0, 0.1) is 0 Å². The fraction of sp³-hybridized carbons (Fsp3) is 0.769. The lowest BCUT2D eigenvalue weighted by Crippen LogP contribution is -2.55. The molecule has 0 aromatic rings. The zero-order valence-corrected chi connectivity index (χ0v) is 12.9. The van der Waals surface area contributed by atoms with E-state index in [1.807, 2.05) is 20.8 Å². The van der Waals surface area contributed by atoms with Crippen molar-refractivity contribution in [3.05, 3.63) is 0 Å². The van der Waals surface area contributed by atoms with Gasteiger partial charge in [0.2, 0.25) is 11.8 Å². The first kappa shape index (κ1) is 18.4. The van der Waals surface area contributed by atoms with Crippen molar-refractivity contribution in [2.24, 2.45) is 0 Å². The van der Waals surface area contributed by atoms with Gasteiger partial charge in [-0.3, -0.25) is 14.4 Å². The summed E-state index contributed by atoms with van der Waals surface area (Å²) in [4.78, 5) is 34.2. The van der Waals surface area contributed by atoms with Crippen LogP contribution >= 0.6 is 0 Å². The second-order valence-corrected chi connectivity index (χ2v) is 5.91. The van der Waals surface area contributed by atoms with E-state index in [-0.39, 0.29) is 11.4 Å². The van der Waals surface area contributed by atoms with Gasteiger partial charge in [0, 0.05) is 5.54 Å². The highest BCUT2D eigenvalue weighted by Gasteiger charge is 2.24. The Morgan fingerprint density at radius 1 is 0.850 bits per heavy atom. The molecule has 7 nitrogen and oxygen atoms in total. The monoisotopic (exact) mass is 287 g/mol. The summed E-state index contributed by atoms with van der Waals surface area (Å²) >= 11 is 0. The minimum atomic E-state index is -1.13. The summed E-state index contributed by atoms with van der Waals surface area (Å²) in [5.41, 5.74) is -0.222. The number of carboxylic acids is 1. The largest absolute Gasteiger partial charge is 0.480 e. The molecule has 0 unspecified atom stereocenters. The first-order chi connectivity index (χ1) is 8.94. The van der Waals surface area contributed by atoms with Gasteiger partial charge >= 0.3 is 5.97 Å². The van der Waals surface area contributed by atoms with E-state index in [2.05, 4.69) is 16.0 Å². The van der Waals surface area contributed by atoms with Crippen LogP contribution in [-0.4, -0.2) is 46.6 Å². The molecule has 0 spiro atoms. The second kappa shape index (κ2) is 7.23. The third-order valence-electron chi connectivity index (χ3n) is 2.52. The van der Waals surface area contributed by atoms with Crippen molar-refractivity contribution in [2.45, 2.75) is 65.2 Å². The predicted octanol–water partition coefficient (Wildman–Crippen LogP) is -0.143. The number of amides is 2. The van der Waals surface area contributed by atoms with Crippen LogP contribution in [0.5, 0.6) is 0 Å². The highest BCUT2D eigenvalue weighted by atomic mass is 16.4. The highest BCUT2D eigenvalue weighted by molar-refractivity contribution is 5.91. The molecule has 0 bridgehead atoms. The van der Waals surface area contributed by atoms with E-state index in [1.54, 1.807) is 6.92 Å². The summed E-state index contributed by atoms with van der Waals surface area (Å²) in [6, 6.07) is -2.25. The molecule has 0 radical (unpaired) electrons. The Morgan fingerprint density at radius 2 is 1.25 bits per heavy atom. The van der Waals surface area contributed by atoms with E-state index in [9.17, 15) is 14.4 Å². The number of rotatable bonds is 6. The molecule has 20 heavy (non-hydrogen) atoms. The van der Waals surface area contributed by atoms with Crippen molar-refractivity contribution in [2.75, 3.05) is 0 Å². The Bertz CT molecular complexity index is 376. The first-order valence-corrected chi connectivity index (χ1v) is 6.55. The zero-order valence-electron chi connectivity index (χ0n) is 12.9. The van der Waals surface area contributed by atoms with Crippen LogP contribution in [-0.2, 0) is 14.4 Å². The number of carbonyl (C=O) groups excluding carboxylic acids is 2. The third kappa shape index (κ3) is 7.08. The number of hydrogen-bond donors (Lipinski definition) is 4. The third-order valence-corrected chi connectivity index (χ3v) is 2.52. The molecule has 0 heterocycles. The minimum absolute atomic E-state index is 0.222. The number of carboxylic acid groups (broad SMARTS) is 1. The van der Waals surface area contributed by atoms with Gasteiger partial charge < -0.3 is 21.1 Å². The topological polar surface area (TPSA) is 108 Å². The zero-order chi connectivity index (χ0) is 16.1. The number of nitrogens with one attached hydrogen (secondary N) is 3. The van der Waals surface area contributed by atoms with Crippen LogP contribution in [0.3, 0.4) is 0 Å². The molecular weight excluding hydrogens is 262 g/mol. The summed E-state index contributed by atoms with van der Waals surface area (Å²) in [5, 5.41) is 16.6. The van der Waals surface area contributed by atoms with E-state index >= 15 is 0 Å². The standard InChI is InChI=1S/C13H25N3O4/c1-7(10(17)15-9(3)12(19)20)14-11(18)8(2)16-13(4,5)6/h7-9,16H,1-6H3,(H,14,18)(H,15,17)(H,19,20)/t7-,8-,9-/m1/s1. The van der Waals surface area contributed by atoms with Gasteiger partial charge in [0.25, 0.3) is 0 Å². The summed E-state index contributed by atoms with van der Waals surface area (Å²) in [6.07, 6.45) is 0. The molecule has 0 fully saturated rings. The van der Waals surface area contributed by atoms with Gasteiger partial charge in [0.05, 0.1) is 6.04 Å². The maximum atomic E-state index is 11.9. The Morgan fingerprint density at radius 3 is 1.65 bits per heavy atom. The van der Waals surface area contributed by atoms with Crippen molar-refractivity contribution in [3.8, 4) is 0 Å². The van der Waals surface area contributed by atoms with Gasteiger partial charge in [0.1, 0.15) is 12.1 Å². The molecule has 7 heteroatoms. The predicted molar refractivity (Wildman–Crippen MR) is 75.2 cm³/mol. The SMILES string of the molecule is C[C@@H](NC(=O)[C@@H](C)NC(=O)[C@@H](C)NC(C)(C)C)C(=O)O. The molecule has 0 aliphatic heterocycles. The fourth-order valence-corrected chi connectivity index (χ4v) is 1.52. The highest BCUT2D eigenvalue weighted by Crippen LogP contribution is 2.01. The second-order valence-electron chi connectivity index (χ2n) is 5.91. The van der Waals surface area contributed by atoms with E-state index in [4.69, 9.17) is 5.11 Å². The lowest BCUT2D eigenvalue weighted by atomic mass is 10.1. The van der Waals surface area contributed by atoms with E-state index in [0.29, 0.717) is 0 Å². The fourth-order valence-electron chi connectivity index (χ4n) is 1.52. The van der Waals surface area contributed by atoms with E-state index < -0.39 is 30.0 Å². The molecule has 116 valence electrons. The van der Waals surface area contributed by atoms with E-state index in [1.165, 1.54) is 13.8 Å². The Kier molecular flexibility index (Phi) is 6.64. The van der Waals surface area contributed by atoms with Gasteiger partial charge in [-0.15, -0.1) is 0 Å². The van der Waals surface area contributed by atoms with Crippen LogP contribution in [0.25, 0.3) is 0 Å². The summed E-state index contributed by atoms with van der Waals surface area (Å²) < 4.78 is 0. The lowest BCUT2D eigenvalue weighted by molar-refractivity contribution is -0.141. The smallest absolute Gasteiger partial charge is 0.325 e. The Labute approximate surface area is 119 Å².